The van der Waals surface area contributed by atoms with Gasteiger partial charge in [0.15, 0.2) is 0 Å². The Morgan fingerprint density at radius 1 is 1.03 bits per heavy atom. The molecule has 0 aliphatic carbocycles. The minimum atomic E-state index is -3.93. The van der Waals surface area contributed by atoms with Crippen LogP contribution in [-0.2, 0) is 10.0 Å². The summed E-state index contributed by atoms with van der Waals surface area (Å²) in [6.45, 7) is 0. The fraction of sp³-hybridized carbons (Fsp3) is 0.0476. The maximum Gasteiger partial charge on any atom is 0.271 e. The van der Waals surface area contributed by atoms with Crippen molar-refractivity contribution in [2.24, 2.45) is 5.10 Å². The Morgan fingerprint density at radius 2 is 1.77 bits per heavy atom. The summed E-state index contributed by atoms with van der Waals surface area (Å²) in [7, 11) is -2.36. The molecule has 0 aromatic heterocycles. The van der Waals surface area contributed by atoms with E-state index in [-0.39, 0.29) is 21.2 Å². The predicted molar refractivity (Wildman–Crippen MR) is 117 cm³/mol. The van der Waals surface area contributed by atoms with Gasteiger partial charge in [-0.3, -0.25) is 9.52 Å². The van der Waals surface area contributed by atoms with Crippen LogP contribution in [0.4, 0.5) is 5.69 Å². The SMILES string of the molecule is COc1ccc(/C=N/NC(=O)c2cccc(S(=O)(=O)Nc3ccccc3Cl)c2)cc1. The van der Waals surface area contributed by atoms with E-state index in [0.717, 1.165) is 5.56 Å². The number of ether oxygens (including phenoxy) is 1. The van der Waals surface area contributed by atoms with Gasteiger partial charge in [0.1, 0.15) is 5.75 Å². The summed E-state index contributed by atoms with van der Waals surface area (Å²) in [6.07, 6.45) is 1.47. The van der Waals surface area contributed by atoms with Crippen molar-refractivity contribution in [2.75, 3.05) is 11.8 Å². The molecule has 7 nitrogen and oxygen atoms in total. The molecule has 9 heteroatoms. The number of benzene rings is 3. The Balaban J connectivity index is 1.71. The van der Waals surface area contributed by atoms with Crippen LogP contribution < -0.4 is 14.9 Å². The van der Waals surface area contributed by atoms with Gasteiger partial charge < -0.3 is 4.74 Å². The molecule has 0 saturated heterocycles. The van der Waals surface area contributed by atoms with E-state index in [9.17, 15) is 13.2 Å². The second-order valence-corrected chi connectivity index (χ2v) is 8.18. The lowest BCUT2D eigenvalue weighted by molar-refractivity contribution is 0.0955. The quantitative estimate of drug-likeness (QED) is 0.427. The third-order valence-electron chi connectivity index (χ3n) is 4.02. The van der Waals surface area contributed by atoms with Crippen LogP contribution in [0, 0.1) is 0 Å². The van der Waals surface area contributed by atoms with Crippen molar-refractivity contribution in [3.8, 4) is 5.75 Å². The number of carbonyl (C=O) groups excluding carboxylic acids is 1. The number of sulfonamides is 1. The van der Waals surface area contributed by atoms with Gasteiger partial charge in [-0.25, -0.2) is 13.8 Å². The number of rotatable bonds is 7. The molecule has 0 aliphatic rings. The molecular weight excluding hydrogens is 426 g/mol. The Morgan fingerprint density at radius 3 is 2.47 bits per heavy atom. The average Bonchev–Trinajstić information content (AvgIpc) is 2.76. The number of nitrogens with zero attached hydrogens (tertiary/aromatic N) is 1. The highest BCUT2D eigenvalue weighted by Gasteiger charge is 2.17. The first kappa shape index (κ1) is 21.4. The minimum Gasteiger partial charge on any atom is -0.497 e. The second-order valence-electron chi connectivity index (χ2n) is 6.09. The number of amides is 1. The normalized spacial score (nSPS) is 11.3. The molecule has 0 fully saturated rings. The van der Waals surface area contributed by atoms with Gasteiger partial charge in [0.05, 0.1) is 28.9 Å². The number of halogens is 1. The van der Waals surface area contributed by atoms with Crippen molar-refractivity contribution in [3.05, 3.63) is 88.9 Å². The molecule has 0 heterocycles. The molecule has 0 radical (unpaired) electrons. The first-order valence-electron chi connectivity index (χ1n) is 8.74. The van der Waals surface area contributed by atoms with E-state index in [4.69, 9.17) is 16.3 Å². The fourth-order valence-electron chi connectivity index (χ4n) is 2.47. The van der Waals surface area contributed by atoms with Crippen LogP contribution in [0.3, 0.4) is 0 Å². The van der Waals surface area contributed by atoms with E-state index in [1.54, 1.807) is 55.6 Å². The van der Waals surface area contributed by atoms with Crippen LogP contribution in [0.2, 0.25) is 5.02 Å². The number of carbonyl (C=O) groups is 1. The van der Waals surface area contributed by atoms with Crippen LogP contribution in [0.25, 0.3) is 0 Å². The molecule has 0 bridgehead atoms. The topological polar surface area (TPSA) is 96.9 Å². The molecular formula is C21H18ClN3O4S. The van der Waals surface area contributed by atoms with Crippen molar-refractivity contribution in [1.29, 1.82) is 0 Å². The predicted octanol–water partition coefficient (Wildman–Crippen LogP) is 3.91. The van der Waals surface area contributed by atoms with Gasteiger partial charge in [-0.05, 0) is 60.2 Å². The first-order chi connectivity index (χ1) is 14.4. The lowest BCUT2D eigenvalue weighted by atomic mass is 10.2. The number of methoxy groups -OCH3 is 1. The van der Waals surface area contributed by atoms with Gasteiger partial charge >= 0.3 is 0 Å². The molecule has 3 rings (SSSR count). The molecule has 0 aliphatic heterocycles. The van der Waals surface area contributed by atoms with Crippen LogP contribution in [0.5, 0.6) is 5.75 Å². The summed E-state index contributed by atoms with van der Waals surface area (Å²) in [5, 5.41) is 4.16. The second kappa shape index (κ2) is 9.43. The monoisotopic (exact) mass is 443 g/mol. The van der Waals surface area contributed by atoms with Crippen LogP contribution in [0.15, 0.2) is 82.8 Å². The number of nitrogens with one attached hydrogen (secondary N) is 2. The maximum absolute atomic E-state index is 12.6. The molecule has 3 aromatic rings. The van der Waals surface area contributed by atoms with Crippen molar-refractivity contribution < 1.29 is 17.9 Å². The number of anilines is 1. The summed E-state index contributed by atoms with van der Waals surface area (Å²) >= 11 is 6.01. The van der Waals surface area contributed by atoms with Crippen LogP contribution in [0.1, 0.15) is 15.9 Å². The van der Waals surface area contributed by atoms with E-state index >= 15 is 0 Å². The first-order valence-corrected chi connectivity index (χ1v) is 10.6. The highest BCUT2D eigenvalue weighted by Crippen LogP contribution is 2.24. The summed E-state index contributed by atoms with van der Waals surface area (Å²) in [4.78, 5) is 12.3. The van der Waals surface area contributed by atoms with Crippen LogP contribution in [-0.4, -0.2) is 27.6 Å². The number of hydrazone groups is 1. The van der Waals surface area contributed by atoms with E-state index < -0.39 is 15.9 Å². The zero-order valence-corrected chi connectivity index (χ0v) is 17.4. The van der Waals surface area contributed by atoms with Gasteiger partial charge in [-0.1, -0.05) is 29.8 Å². The molecule has 154 valence electrons. The standard InChI is InChI=1S/C21H18ClN3O4S/c1-29-17-11-9-15(10-12-17)14-23-24-21(26)16-5-4-6-18(13-16)30(27,28)25-20-8-3-2-7-19(20)22/h2-14,25H,1H3,(H,24,26)/b23-14+. The number of hydrogen-bond acceptors (Lipinski definition) is 5. The molecule has 2 N–H and O–H groups in total. The lowest BCUT2D eigenvalue weighted by Gasteiger charge is -2.10. The third-order valence-corrected chi connectivity index (χ3v) is 5.71. The average molecular weight is 444 g/mol. The number of hydrogen-bond donors (Lipinski definition) is 2. The summed E-state index contributed by atoms with van der Waals surface area (Å²) in [5.41, 5.74) is 3.53. The molecule has 0 spiro atoms. The van der Waals surface area contributed by atoms with Crippen LogP contribution >= 0.6 is 11.6 Å². The highest BCUT2D eigenvalue weighted by molar-refractivity contribution is 7.92. The van der Waals surface area contributed by atoms with Gasteiger partial charge in [0.25, 0.3) is 15.9 Å². The molecule has 30 heavy (non-hydrogen) atoms. The van der Waals surface area contributed by atoms with Gasteiger partial charge in [0.2, 0.25) is 0 Å². The number of para-hydroxylation sites is 1. The molecule has 3 aromatic carbocycles. The zero-order chi connectivity index (χ0) is 21.6. The Labute approximate surface area is 179 Å². The van der Waals surface area contributed by atoms with E-state index in [1.807, 2.05) is 0 Å². The smallest absolute Gasteiger partial charge is 0.271 e. The van der Waals surface area contributed by atoms with Crippen molar-refractivity contribution in [3.63, 3.8) is 0 Å². The highest BCUT2D eigenvalue weighted by atomic mass is 35.5. The van der Waals surface area contributed by atoms with Crippen molar-refractivity contribution in [2.45, 2.75) is 4.90 Å². The Kier molecular flexibility index (Phi) is 6.71. The van der Waals surface area contributed by atoms with E-state index in [0.29, 0.717) is 5.75 Å². The van der Waals surface area contributed by atoms with Gasteiger partial charge in [-0.2, -0.15) is 5.10 Å². The third kappa shape index (κ3) is 5.37. The molecule has 0 atom stereocenters. The van der Waals surface area contributed by atoms with Crippen molar-refractivity contribution >= 4 is 39.4 Å². The maximum atomic E-state index is 12.6. The van der Waals surface area contributed by atoms with Crippen molar-refractivity contribution in [1.82, 2.24) is 5.43 Å². The Bertz CT molecular complexity index is 1180. The minimum absolute atomic E-state index is 0.0748. The summed E-state index contributed by atoms with van der Waals surface area (Å²) in [6, 6.07) is 19.2. The fourth-order valence-corrected chi connectivity index (χ4v) is 3.84. The largest absolute Gasteiger partial charge is 0.497 e. The summed E-state index contributed by atoms with van der Waals surface area (Å²) in [5.74, 6) is 0.161. The zero-order valence-electron chi connectivity index (χ0n) is 15.9. The van der Waals surface area contributed by atoms with Gasteiger partial charge in [0, 0.05) is 5.56 Å². The summed E-state index contributed by atoms with van der Waals surface area (Å²) < 4.78 is 32.8. The Hall–Kier alpha value is -3.36. The molecule has 1 amide bonds. The molecule has 0 saturated carbocycles. The van der Waals surface area contributed by atoms with E-state index in [2.05, 4.69) is 15.2 Å². The van der Waals surface area contributed by atoms with Gasteiger partial charge in [-0.15, -0.1) is 0 Å². The lowest BCUT2D eigenvalue weighted by Crippen LogP contribution is -2.19. The van der Waals surface area contributed by atoms with E-state index in [1.165, 1.54) is 30.5 Å². The molecule has 0 unspecified atom stereocenters.